The van der Waals surface area contributed by atoms with Crippen LogP contribution in [0.4, 0.5) is 5.13 Å². The molecule has 2 heterocycles. The number of nitrogens with zero attached hydrogens (tertiary/aromatic N) is 1. The summed E-state index contributed by atoms with van der Waals surface area (Å²) < 4.78 is 15.4. The average Bonchev–Trinajstić information content (AvgIpc) is 3.41. The Hall–Kier alpha value is -3.40. The number of esters is 2. The number of phenols is 1. The molecule has 0 bridgehead atoms. The van der Waals surface area contributed by atoms with Crippen LogP contribution in [0.5, 0.6) is 11.5 Å². The number of hydrogen-bond acceptors (Lipinski definition) is 9. The number of methoxy groups -OCH3 is 2. The van der Waals surface area contributed by atoms with E-state index in [1.54, 1.807) is 0 Å². The van der Waals surface area contributed by atoms with Crippen LogP contribution in [0.15, 0.2) is 11.6 Å². The van der Waals surface area contributed by atoms with E-state index in [1.807, 2.05) is 33.8 Å². The van der Waals surface area contributed by atoms with Crippen LogP contribution in [0.25, 0.3) is 0 Å². The van der Waals surface area contributed by atoms with Crippen molar-refractivity contribution in [3.05, 3.63) is 44.5 Å². The molecule has 10 heteroatoms. The second-order valence-corrected chi connectivity index (χ2v) is 10.2. The number of thiazole rings is 1. The third-order valence-electron chi connectivity index (χ3n) is 5.96. The van der Waals surface area contributed by atoms with Gasteiger partial charge in [-0.05, 0) is 44.6 Å². The zero-order valence-corrected chi connectivity index (χ0v) is 22.3. The van der Waals surface area contributed by atoms with Crippen molar-refractivity contribution in [2.45, 2.75) is 60.0 Å². The number of anilines is 1. The number of cyclic esters (lactones) is 1. The second kappa shape index (κ2) is 11.6. The number of benzene rings is 1. The largest absolute Gasteiger partial charge is 0.507 e. The highest BCUT2D eigenvalue weighted by Crippen LogP contribution is 2.42. The Balaban J connectivity index is 1.66. The predicted molar refractivity (Wildman–Crippen MR) is 136 cm³/mol. The lowest BCUT2D eigenvalue weighted by Gasteiger charge is -2.15. The van der Waals surface area contributed by atoms with Crippen LogP contribution in [-0.4, -0.2) is 42.2 Å². The number of amides is 1. The van der Waals surface area contributed by atoms with Crippen LogP contribution in [-0.2, 0) is 33.7 Å². The maximum Gasteiger partial charge on any atom is 0.357 e. The molecule has 1 aliphatic rings. The molecule has 2 aromatic rings. The van der Waals surface area contributed by atoms with Crippen molar-refractivity contribution in [2.75, 3.05) is 19.5 Å². The molecule has 1 aromatic carbocycles. The molecule has 194 valence electrons. The maximum absolute atomic E-state index is 12.5. The minimum absolute atomic E-state index is 0.118. The van der Waals surface area contributed by atoms with E-state index in [0.29, 0.717) is 47.2 Å². The summed E-state index contributed by atoms with van der Waals surface area (Å²) >= 11 is 1.28. The van der Waals surface area contributed by atoms with Crippen LogP contribution in [0, 0.1) is 12.8 Å². The molecule has 0 fully saturated rings. The first-order chi connectivity index (χ1) is 17.1. The van der Waals surface area contributed by atoms with Gasteiger partial charge in [0.1, 0.15) is 23.7 Å². The van der Waals surface area contributed by atoms with Gasteiger partial charge in [-0.3, -0.25) is 4.79 Å². The summed E-state index contributed by atoms with van der Waals surface area (Å²) in [7, 11) is 2.83. The smallest absolute Gasteiger partial charge is 0.357 e. The summed E-state index contributed by atoms with van der Waals surface area (Å²) in [4.78, 5) is 41.7. The molecule has 2 N–H and O–H groups in total. The lowest BCUT2D eigenvalue weighted by atomic mass is 9.94. The standard InChI is InChI=1S/C26H32N2O7S/c1-13(2)11-18-21(25(32)34-6)28-26(36-18)27-19(29)10-8-14(3)7-9-16-22(30)20-17(12-35-24(20)31)15(4)23(16)33-5/h7,13,30H,8-12H2,1-6H3,(H,27,28,29)/b14-7+. The van der Waals surface area contributed by atoms with E-state index in [4.69, 9.17) is 14.2 Å². The molecule has 0 spiro atoms. The van der Waals surface area contributed by atoms with E-state index in [2.05, 4.69) is 10.3 Å². The number of aromatic nitrogens is 1. The van der Waals surface area contributed by atoms with E-state index in [0.717, 1.165) is 16.0 Å². The van der Waals surface area contributed by atoms with Gasteiger partial charge in [0.15, 0.2) is 10.8 Å². The van der Waals surface area contributed by atoms with Gasteiger partial charge in [-0.2, -0.15) is 0 Å². The van der Waals surface area contributed by atoms with Gasteiger partial charge in [0, 0.05) is 22.4 Å². The van der Waals surface area contributed by atoms with E-state index in [-0.39, 0.29) is 35.9 Å². The highest BCUT2D eigenvalue weighted by Gasteiger charge is 2.31. The monoisotopic (exact) mass is 516 g/mol. The molecule has 0 radical (unpaired) electrons. The first-order valence-electron chi connectivity index (χ1n) is 11.7. The number of phenolic OH excluding ortho intramolecular Hbond substituents is 1. The Bertz CT molecular complexity index is 1210. The van der Waals surface area contributed by atoms with Crippen LogP contribution in [0.3, 0.4) is 0 Å². The van der Waals surface area contributed by atoms with Gasteiger partial charge in [-0.15, -0.1) is 11.3 Å². The Morgan fingerprint density at radius 2 is 2.00 bits per heavy atom. The Morgan fingerprint density at radius 3 is 2.64 bits per heavy atom. The van der Waals surface area contributed by atoms with Crippen LogP contribution in [0.1, 0.15) is 76.0 Å². The summed E-state index contributed by atoms with van der Waals surface area (Å²) in [5.41, 5.74) is 3.28. The zero-order valence-electron chi connectivity index (χ0n) is 21.4. The van der Waals surface area contributed by atoms with Crippen molar-refractivity contribution in [2.24, 2.45) is 5.92 Å². The molecular formula is C26H32N2O7S. The Morgan fingerprint density at radius 1 is 1.28 bits per heavy atom. The van der Waals surface area contributed by atoms with Crippen molar-refractivity contribution in [1.82, 2.24) is 4.98 Å². The van der Waals surface area contributed by atoms with Gasteiger partial charge in [0.25, 0.3) is 0 Å². The molecule has 1 aliphatic heterocycles. The Labute approximate surface area is 214 Å². The van der Waals surface area contributed by atoms with Crippen molar-refractivity contribution in [1.29, 1.82) is 0 Å². The molecule has 0 saturated heterocycles. The fraction of sp³-hybridized carbons (Fsp3) is 0.462. The zero-order chi connectivity index (χ0) is 26.6. The van der Waals surface area contributed by atoms with E-state index in [9.17, 15) is 19.5 Å². The minimum atomic E-state index is -0.541. The molecule has 9 nitrogen and oxygen atoms in total. The molecular weight excluding hydrogens is 484 g/mol. The molecule has 36 heavy (non-hydrogen) atoms. The topological polar surface area (TPSA) is 124 Å². The number of carbonyl (C=O) groups excluding carboxylic acids is 3. The quantitative estimate of drug-likeness (QED) is 0.343. The number of ether oxygens (including phenoxy) is 3. The summed E-state index contributed by atoms with van der Waals surface area (Å²) in [6, 6.07) is 0. The van der Waals surface area contributed by atoms with Crippen molar-refractivity contribution < 1.29 is 33.7 Å². The van der Waals surface area contributed by atoms with Gasteiger partial charge >= 0.3 is 11.9 Å². The molecule has 0 aliphatic carbocycles. The normalized spacial score (nSPS) is 13.0. The summed E-state index contributed by atoms with van der Waals surface area (Å²) in [6.07, 6.45) is 3.59. The second-order valence-electron chi connectivity index (χ2n) is 9.10. The number of nitrogens with one attached hydrogen (secondary N) is 1. The van der Waals surface area contributed by atoms with Crippen LogP contribution >= 0.6 is 11.3 Å². The van der Waals surface area contributed by atoms with Crippen molar-refractivity contribution in [3.8, 4) is 11.5 Å². The van der Waals surface area contributed by atoms with E-state index >= 15 is 0 Å². The van der Waals surface area contributed by atoms with Crippen LogP contribution in [0.2, 0.25) is 0 Å². The van der Waals surface area contributed by atoms with Gasteiger partial charge < -0.3 is 24.6 Å². The van der Waals surface area contributed by atoms with Gasteiger partial charge in [-0.25, -0.2) is 14.6 Å². The Kier molecular flexibility index (Phi) is 8.73. The SMILES string of the molecule is COC(=O)c1nc(NC(=O)CC/C(C)=C/Cc2c(O)c3c(c(C)c2OC)COC3=O)sc1CC(C)C. The van der Waals surface area contributed by atoms with Crippen molar-refractivity contribution >= 4 is 34.3 Å². The highest BCUT2D eigenvalue weighted by atomic mass is 32.1. The first kappa shape index (κ1) is 27.2. The average molecular weight is 517 g/mol. The summed E-state index contributed by atoms with van der Waals surface area (Å²) in [6.45, 7) is 7.93. The lowest BCUT2D eigenvalue weighted by molar-refractivity contribution is -0.116. The minimum Gasteiger partial charge on any atom is -0.507 e. The molecule has 0 saturated carbocycles. The third-order valence-corrected chi connectivity index (χ3v) is 6.96. The molecule has 3 rings (SSSR count). The van der Waals surface area contributed by atoms with Gasteiger partial charge in [0.05, 0.1) is 14.2 Å². The number of rotatable bonds is 10. The lowest BCUT2D eigenvalue weighted by Crippen LogP contribution is -2.12. The summed E-state index contributed by atoms with van der Waals surface area (Å²) in [5.74, 6) is -0.562. The fourth-order valence-electron chi connectivity index (χ4n) is 4.07. The summed E-state index contributed by atoms with van der Waals surface area (Å²) in [5, 5.41) is 13.9. The third kappa shape index (κ3) is 5.87. The fourth-order valence-corrected chi connectivity index (χ4v) is 5.25. The molecule has 0 unspecified atom stereocenters. The molecule has 1 aromatic heterocycles. The molecule has 0 atom stereocenters. The van der Waals surface area contributed by atoms with Gasteiger partial charge in [0.2, 0.25) is 5.91 Å². The predicted octanol–water partition coefficient (Wildman–Crippen LogP) is 4.73. The number of fused-ring (bicyclic) bond motifs is 1. The molecule has 1 amide bonds. The maximum atomic E-state index is 12.5. The number of carbonyl (C=O) groups is 3. The first-order valence-corrected chi connectivity index (χ1v) is 12.5. The van der Waals surface area contributed by atoms with E-state index < -0.39 is 11.9 Å². The number of allylic oxidation sites excluding steroid dienone is 2. The number of aromatic hydroxyl groups is 1. The number of hydrogen-bond donors (Lipinski definition) is 2. The van der Waals surface area contributed by atoms with Crippen molar-refractivity contribution in [3.63, 3.8) is 0 Å². The van der Waals surface area contributed by atoms with E-state index in [1.165, 1.54) is 25.6 Å². The highest BCUT2D eigenvalue weighted by molar-refractivity contribution is 7.16. The van der Waals surface area contributed by atoms with Crippen LogP contribution < -0.4 is 10.1 Å². The van der Waals surface area contributed by atoms with Gasteiger partial charge in [-0.1, -0.05) is 25.5 Å².